The molecule has 6 heterocycles. The quantitative estimate of drug-likeness (QED) is 0.348. The lowest BCUT2D eigenvalue weighted by Crippen LogP contribution is -2.27. The Morgan fingerprint density at radius 1 is 0.947 bits per heavy atom. The summed E-state index contributed by atoms with van der Waals surface area (Å²) in [4.78, 5) is 44.6. The van der Waals surface area contributed by atoms with E-state index >= 15 is 0 Å². The van der Waals surface area contributed by atoms with Gasteiger partial charge in [0.25, 0.3) is 0 Å². The number of likely N-dealkylation sites (N-methyl/N-ethyl adjacent to an activating group) is 1. The van der Waals surface area contributed by atoms with E-state index in [0.717, 1.165) is 33.5 Å². The van der Waals surface area contributed by atoms with Crippen molar-refractivity contribution in [1.29, 1.82) is 0 Å². The van der Waals surface area contributed by atoms with Gasteiger partial charge in [-0.2, -0.15) is 0 Å². The first-order chi connectivity index (χ1) is 18.5. The molecule has 0 spiro atoms. The van der Waals surface area contributed by atoms with Crippen molar-refractivity contribution in [3.05, 3.63) is 79.6 Å². The molecule has 0 fully saturated rings. The summed E-state index contributed by atoms with van der Waals surface area (Å²) in [6.07, 6.45) is 8.39. The summed E-state index contributed by atoms with van der Waals surface area (Å²) in [7, 11) is 3.69. The molecule has 10 heteroatoms. The average Bonchev–Trinajstić information content (AvgIpc) is 3.37. The molecule has 186 valence electrons. The molecule has 0 saturated carbocycles. The lowest BCUT2D eigenvalue weighted by molar-refractivity contribution is -0.116. The second-order valence-electron chi connectivity index (χ2n) is 9.05. The number of fused-ring (bicyclic) bond motifs is 2. The lowest BCUT2D eigenvalue weighted by Gasteiger charge is -2.11. The summed E-state index contributed by atoms with van der Waals surface area (Å²) in [6, 6.07) is 15.4. The fourth-order valence-electron chi connectivity index (χ4n) is 4.33. The lowest BCUT2D eigenvalue weighted by atomic mass is 10.1. The summed E-state index contributed by atoms with van der Waals surface area (Å²) in [5, 5.41) is 3.82. The van der Waals surface area contributed by atoms with Crippen LogP contribution in [-0.4, -0.2) is 66.3 Å². The van der Waals surface area contributed by atoms with Gasteiger partial charge in [-0.25, -0.2) is 19.9 Å². The van der Waals surface area contributed by atoms with E-state index in [-0.39, 0.29) is 12.5 Å². The van der Waals surface area contributed by atoms with Crippen LogP contribution in [0.3, 0.4) is 0 Å². The molecule has 0 aliphatic heterocycles. The highest BCUT2D eigenvalue weighted by Gasteiger charge is 2.15. The van der Waals surface area contributed by atoms with Crippen molar-refractivity contribution in [1.82, 2.24) is 39.8 Å². The van der Waals surface area contributed by atoms with Crippen LogP contribution in [0, 0.1) is 0 Å². The molecular weight excluding hydrogens is 478 g/mol. The van der Waals surface area contributed by atoms with Crippen molar-refractivity contribution in [3.8, 4) is 33.9 Å². The van der Waals surface area contributed by atoms with Crippen LogP contribution >= 0.6 is 0 Å². The van der Waals surface area contributed by atoms with Gasteiger partial charge in [0.15, 0.2) is 0 Å². The van der Waals surface area contributed by atoms with E-state index in [1.165, 1.54) is 6.33 Å². The van der Waals surface area contributed by atoms with E-state index in [9.17, 15) is 4.79 Å². The maximum atomic E-state index is 12.2. The molecule has 10 nitrogen and oxygen atoms in total. The number of carbonyl (C=O) groups is 1. The monoisotopic (exact) mass is 501 g/mol. The van der Waals surface area contributed by atoms with Gasteiger partial charge in [-0.3, -0.25) is 14.8 Å². The summed E-state index contributed by atoms with van der Waals surface area (Å²) in [5.41, 5.74) is 7.40. The van der Waals surface area contributed by atoms with Gasteiger partial charge in [-0.1, -0.05) is 6.07 Å². The number of nitrogens with zero attached hydrogens (tertiary/aromatic N) is 7. The Labute approximate surface area is 217 Å². The van der Waals surface area contributed by atoms with Gasteiger partial charge in [0.1, 0.15) is 23.2 Å². The van der Waals surface area contributed by atoms with Gasteiger partial charge in [0.2, 0.25) is 5.91 Å². The third-order valence-electron chi connectivity index (χ3n) is 5.99. The van der Waals surface area contributed by atoms with Crippen molar-refractivity contribution in [2.45, 2.75) is 0 Å². The number of hydrogen-bond acceptors (Lipinski definition) is 8. The molecule has 2 N–H and O–H groups in total. The highest BCUT2D eigenvalue weighted by atomic mass is 16.2. The Hall–Kier alpha value is -5.09. The van der Waals surface area contributed by atoms with Gasteiger partial charge < -0.3 is 15.2 Å². The van der Waals surface area contributed by atoms with Crippen LogP contribution in [0.1, 0.15) is 0 Å². The predicted molar refractivity (Wildman–Crippen MR) is 146 cm³/mol. The van der Waals surface area contributed by atoms with Crippen molar-refractivity contribution in [3.63, 3.8) is 0 Å². The number of aromatic nitrogens is 7. The van der Waals surface area contributed by atoms with Crippen molar-refractivity contribution in [2.24, 2.45) is 0 Å². The van der Waals surface area contributed by atoms with E-state index in [0.29, 0.717) is 28.1 Å². The first-order valence-corrected chi connectivity index (χ1v) is 12.0. The normalized spacial score (nSPS) is 11.3. The molecule has 0 radical (unpaired) electrons. The smallest absolute Gasteiger partial charge is 0.238 e. The van der Waals surface area contributed by atoms with Crippen LogP contribution in [-0.2, 0) is 4.79 Å². The SMILES string of the molecule is CN(C)CC(=O)Nc1cncc(-c2ccc3ncnc(-c4cc5c(-c6ccccn6)ccnc5[nH]4)c3n2)c1. The maximum absolute atomic E-state index is 12.2. The van der Waals surface area contributed by atoms with Gasteiger partial charge in [0.05, 0.1) is 41.0 Å². The molecule has 1 amide bonds. The van der Waals surface area contributed by atoms with Gasteiger partial charge in [0, 0.05) is 35.1 Å². The number of pyridine rings is 4. The fraction of sp³-hybridized carbons (Fsp3) is 0.107. The number of H-pyrrole nitrogens is 1. The molecular formula is C28H23N9O. The van der Waals surface area contributed by atoms with Crippen LogP contribution in [0.2, 0.25) is 0 Å². The standard InChI is InChI=1S/C28H23N9O/c1-37(2)15-25(38)34-18-11-17(13-29-14-18)21-6-7-23-27(35-21)26(33-16-32-23)24-12-20-19(8-10-31-28(20)36-24)22-5-3-4-9-30-22/h3-14,16H,15H2,1-2H3,(H,31,36)(H,34,38). The molecule has 6 aromatic rings. The third-order valence-corrected chi connectivity index (χ3v) is 5.99. The molecule has 0 bridgehead atoms. The Balaban J connectivity index is 1.41. The molecule has 0 saturated heterocycles. The molecule has 0 unspecified atom stereocenters. The second-order valence-corrected chi connectivity index (χ2v) is 9.05. The van der Waals surface area contributed by atoms with E-state index in [4.69, 9.17) is 4.98 Å². The highest BCUT2D eigenvalue weighted by molar-refractivity contribution is 5.98. The van der Waals surface area contributed by atoms with E-state index in [2.05, 4.69) is 35.2 Å². The fourth-order valence-corrected chi connectivity index (χ4v) is 4.33. The first-order valence-electron chi connectivity index (χ1n) is 12.0. The minimum Gasteiger partial charge on any atom is -0.338 e. The van der Waals surface area contributed by atoms with Crippen LogP contribution in [0.4, 0.5) is 5.69 Å². The summed E-state index contributed by atoms with van der Waals surface area (Å²) in [6.45, 7) is 0.278. The maximum Gasteiger partial charge on any atom is 0.238 e. The molecule has 6 rings (SSSR count). The third kappa shape index (κ3) is 4.56. The van der Waals surface area contributed by atoms with Crippen LogP contribution in [0.25, 0.3) is 56.0 Å². The number of hydrogen-bond donors (Lipinski definition) is 2. The van der Waals surface area contributed by atoms with E-state index < -0.39 is 0 Å². The minimum absolute atomic E-state index is 0.117. The van der Waals surface area contributed by atoms with Gasteiger partial charge in [-0.15, -0.1) is 0 Å². The molecule has 38 heavy (non-hydrogen) atoms. The predicted octanol–water partition coefficient (Wildman–Crippen LogP) is 4.19. The zero-order chi connectivity index (χ0) is 26.1. The van der Waals surface area contributed by atoms with Crippen molar-refractivity contribution in [2.75, 3.05) is 26.0 Å². The van der Waals surface area contributed by atoms with Crippen molar-refractivity contribution < 1.29 is 4.79 Å². The van der Waals surface area contributed by atoms with Crippen LogP contribution in [0.5, 0.6) is 0 Å². The zero-order valence-corrected chi connectivity index (χ0v) is 20.8. The Kier molecular flexibility index (Phi) is 5.98. The Morgan fingerprint density at radius 2 is 1.87 bits per heavy atom. The number of carbonyl (C=O) groups excluding carboxylic acids is 1. The van der Waals surface area contributed by atoms with E-state index in [1.807, 2.05) is 62.6 Å². The number of nitrogens with one attached hydrogen (secondary N) is 2. The Morgan fingerprint density at radius 3 is 2.71 bits per heavy atom. The minimum atomic E-state index is -0.117. The Bertz CT molecular complexity index is 1780. The van der Waals surface area contributed by atoms with Crippen molar-refractivity contribution >= 4 is 33.7 Å². The van der Waals surface area contributed by atoms with Gasteiger partial charge in [-0.05, 0) is 56.6 Å². The molecule has 6 aromatic heterocycles. The molecule has 0 aliphatic rings. The second kappa shape index (κ2) is 9.75. The molecule has 0 aromatic carbocycles. The number of anilines is 1. The zero-order valence-electron chi connectivity index (χ0n) is 20.8. The molecule has 0 aliphatic carbocycles. The number of aromatic amines is 1. The van der Waals surface area contributed by atoms with Crippen LogP contribution in [0.15, 0.2) is 79.6 Å². The van der Waals surface area contributed by atoms with Gasteiger partial charge >= 0.3 is 0 Å². The highest BCUT2D eigenvalue weighted by Crippen LogP contribution is 2.32. The average molecular weight is 502 g/mol. The number of amides is 1. The van der Waals surface area contributed by atoms with Crippen LogP contribution < -0.4 is 5.32 Å². The topological polar surface area (TPSA) is 125 Å². The number of rotatable bonds is 6. The largest absolute Gasteiger partial charge is 0.338 e. The van der Waals surface area contributed by atoms with E-state index in [1.54, 1.807) is 29.7 Å². The summed E-state index contributed by atoms with van der Waals surface area (Å²) >= 11 is 0. The first kappa shape index (κ1) is 23.3. The molecule has 0 atom stereocenters. The summed E-state index contributed by atoms with van der Waals surface area (Å²) < 4.78 is 0. The summed E-state index contributed by atoms with van der Waals surface area (Å²) in [5.74, 6) is -0.117.